The van der Waals surface area contributed by atoms with Crippen LogP contribution >= 0.6 is 0 Å². The molecular formula is C18H16F4N2O3S. The van der Waals surface area contributed by atoms with E-state index in [9.17, 15) is 30.8 Å². The maximum absolute atomic E-state index is 13.8. The molecule has 1 fully saturated rings. The van der Waals surface area contributed by atoms with E-state index in [1.165, 1.54) is 22.9 Å². The summed E-state index contributed by atoms with van der Waals surface area (Å²) in [7, 11) is -4.32. The summed E-state index contributed by atoms with van der Waals surface area (Å²) in [6.45, 7) is -1.67. The Hall–Kier alpha value is -2.46. The Labute approximate surface area is 158 Å². The highest BCUT2D eigenvalue weighted by atomic mass is 32.2. The highest BCUT2D eigenvalue weighted by Gasteiger charge is 2.45. The lowest BCUT2D eigenvalue weighted by atomic mass is 10.1. The normalized spacial score (nSPS) is 19.3. The van der Waals surface area contributed by atoms with Gasteiger partial charge in [0.2, 0.25) is 15.9 Å². The average molecular weight is 416 g/mol. The molecule has 0 bridgehead atoms. The van der Waals surface area contributed by atoms with Gasteiger partial charge in [-0.15, -0.1) is 0 Å². The molecule has 2 aromatic rings. The molecule has 0 saturated heterocycles. The van der Waals surface area contributed by atoms with Crippen LogP contribution in [0.1, 0.15) is 17.9 Å². The zero-order valence-corrected chi connectivity index (χ0v) is 15.1. The molecule has 3 rings (SSSR count). The molecule has 1 saturated carbocycles. The van der Waals surface area contributed by atoms with E-state index in [1.54, 1.807) is 18.2 Å². The summed E-state index contributed by atoms with van der Waals surface area (Å²) < 4.78 is 75.4. The predicted molar refractivity (Wildman–Crippen MR) is 93.6 cm³/mol. The molecule has 150 valence electrons. The number of alkyl halides is 3. The van der Waals surface area contributed by atoms with Crippen molar-refractivity contribution in [2.24, 2.45) is 5.92 Å². The van der Waals surface area contributed by atoms with Crippen molar-refractivity contribution >= 4 is 21.6 Å². The fourth-order valence-electron chi connectivity index (χ4n) is 2.82. The standard InChI is InChI=1S/C18H16F4N2O3S/c19-16-4-2-1-3-13(16)14-9-15(14)17(25)24-11-5-7-12(8-6-11)28(26,27)23-10-18(20,21)22/h1-8,14-15,23H,9-10H2,(H,24,25). The van der Waals surface area contributed by atoms with Crippen molar-refractivity contribution in [2.45, 2.75) is 23.4 Å². The lowest BCUT2D eigenvalue weighted by Gasteiger charge is -2.10. The highest BCUT2D eigenvalue weighted by Crippen LogP contribution is 2.48. The number of rotatable bonds is 6. The second kappa shape index (κ2) is 7.51. The first-order chi connectivity index (χ1) is 13.1. The SMILES string of the molecule is O=C(Nc1ccc(S(=O)(=O)NCC(F)(F)F)cc1)C1CC1c1ccccc1F. The number of carbonyl (C=O) groups is 1. The van der Waals surface area contributed by atoms with Crippen LogP contribution in [-0.2, 0) is 14.8 Å². The van der Waals surface area contributed by atoms with Crippen LogP contribution in [0.15, 0.2) is 53.4 Å². The number of amides is 1. The van der Waals surface area contributed by atoms with Crippen molar-refractivity contribution < 1.29 is 30.8 Å². The van der Waals surface area contributed by atoms with Crippen LogP contribution in [0.4, 0.5) is 23.2 Å². The van der Waals surface area contributed by atoms with Crippen molar-refractivity contribution in [2.75, 3.05) is 11.9 Å². The number of hydrogen-bond donors (Lipinski definition) is 2. The van der Waals surface area contributed by atoms with E-state index in [1.807, 2.05) is 0 Å². The highest BCUT2D eigenvalue weighted by molar-refractivity contribution is 7.89. The van der Waals surface area contributed by atoms with Crippen molar-refractivity contribution in [3.05, 3.63) is 59.9 Å². The summed E-state index contributed by atoms with van der Waals surface area (Å²) in [6.07, 6.45) is -4.17. The van der Waals surface area contributed by atoms with Gasteiger partial charge in [-0.1, -0.05) is 18.2 Å². The van der Waals surface area contributed by atoms with Gasteiger partial charge < -0.3 is 5.32 Å². The molecule has 1 amide bonds. The van der Waals surface area contributed by atoms with Gasteiger partial charge in [-0.2, -0.15) is 13.2 Å². The first-order valence-corrected chi connectivity index (χ1v) is 9.77. The third-order valence-electron chi connectivity index (χ3n) is 4.33. The zero-order valence-electron chi connectivity index (χ0n) is 14.3. The molecule has 2 unspecified atom stereocenters. The Morgan fingerprint density at radius 1 is 1.07 bits per heavy atom. The van der Waals surface area contributed by atoms with Crippen LogP contribution in [0.25, 0.3) is 0 Å². The number of hydrogen-bond acceptors (Lipinski definition) is 3. The molecule has 28 heavy (non-hydrogen) atoms. The molecule has 0 heterocycles. The third kappa shape index (κ3) is 4.87. The van der Waals surface area contributed by atoms with Crippen molar-refractivity contribution in [3.63, 3.8) is 0 Å². The van der Waals surface area contributed by atoms with Crippen LogP contribution in [0, 0.1) is 11.7 Å². The topological polar surface area (TPSA) is 75.3 Å². The van der Waals surface area contributed by atoms with Crippen molar-refractivity contribution in [1.29, 1.82) is 0 Å². The Bertz CT molecular complexity index is 975. The molecule has 1 aliphatic carbocycles. The van der Waals surface area contributed by atoms with Gasteiger partial charge in [0.1, 0.15) is 12.4 Å². The number of sulfonamides is 1. The number of benzene rings is 2. The Balaban J connectivity index is 1.60. The van der Waals surface area contributed by atoms with Crippen LogP contribution in [-0.4, -0.2) is 27.0 Å². The zero-order chi connectivity index (χ0) is 20.5. The molecule has 0 spiro atoms. The number of nitrogens with one attached hydrogen (secondary N) is 2. The number of carbonyl (C=O) groups excluding carboxylic acids is 1. The first kappa shape index (κ1) is 20.3. The van der Waals surface area contributed by atoms with Crippen molar-refractivity contribution in [1.82, 2.24) is 4.72 Å². The molecule has 0 radical (unpaired) electrons. The maximum atomic E-state index is 13.8. The van der Waals surface area contributed by atoms with Crippen LogP contribution in [0.3, 0.4) is 0 Å². The van der Waals surface area contributed by atoms with Crippen molar-refractivity contribution in [3.8, 4) is 0 Å². The quantitative estimate of drug-likeness (QED) is 0.709. The predicted octanol–water partition coefficient (Wildman–Crippen LogP) is 3.41. The van der Waals surface area contributed by atoms with Gasteiger partial charge in [0.25, 0.3) is 0 Å². The largest absolute Gasteiger partial charge is 0.402 e. The molecule has 10 heteroatoms. The van der Waals surface area contributed by atoms with Crippen LogP contribution in [0.5, 0.6) is 0 Å². The van der Waals surface area contributed by atoms with E-state index in [0.717, 1.165) is 12.1 Å². The summed E-state index contributed by atoms with van der Waals surface area (Å²) in [5.74, 6) is -1.32. The van der Waals surface area contributed by atoms with E-state index < -0.39 is 28.7 Å². The summed E-state index contributed by atoms with van der Waals surface area (Å²) in [4.78, 5) is 11.9. The van der Waals surface area contributed by atoms with Gasteiger partial charge in [0.15, 0.2) is 0 Å². The summed E-state index contributed by atoms with van der Waals surface area (Å²) >= 11 is 0. The van der Waals surface area contributed by atoms with Crippen LogP contribution in [0.2, 0.25) is 0 Å². The molecule has 0 aromatic heterocycles. The lowest BCUT2D eigenvalue weighted by molar-refractivity contribution is -0.121. The molecule has 5 nitrogen and oxygen atoms in total. The Kier molecular flexibility index (Phi) is 5.44. The monoisotopic (exact) mass is 416 g/mol. The Morgan fingerprint density at radius 3 is 2.32 bits per heavy atom. The van der Waals surface area contributed by atoms with Gasteiger partial charge in [-0.05, 0) is 48.2 Å². The molecule has 0 aliphatic heterocycles. The van der Waals surface area contributed by atoms with E-state index in [2.05, 4.69) is 5.32 Å². The van der Waals surface area contributed by atoms with Crippen LogP contribution < -0.4 is 10.0 Å². The molecular weight excluding hydrogens is 400 g/mol. The smallest absolute Gasteiger partial charge is 0.326 e. The number of anilines is 1. The lowest BCUT2D eigenvalue weighted by Crippen LogP contribution is -2.33. The van der Waals surface area contributed by atoms with Gasteiger partial charge in [-0.25, -0.2) is 17.5 Å². The minimum atomic E-state index is -4.67. The Morgan fingerprint density at radius 2 is 1.71 bits per heavy atom. The van der Waals surface area contributed by atoms with E-state index >= 15 is 0 Å². The first-order valence-electron chi connectivity index (χ1n) is 8.28. The van der Waals surface area contributed by atoms with Gasteiger partial charge >= 0.3 is 6.18 Å². The van der Waals surface area contributed by atoms with E-state index in [-0.39, 0.29) is 22.5 Å². The minimum absolute atomic E-state index is 0.215. The summed E-state index contributed by atoms with van der Waals surface area (Å²) in [5, 5.41) is 2.60. The van der Waals surface area contributed by atoms with Gasteiger partial charge in [-0.3, -0.25) is 4.79 Å². The fraction of sp³-hybridized carbons (Fsp3) is 0.278. The third-order valence-corrected chi connectivity index (χ3v) is 5.74. The maximum Gasteiger partial charge on any atom is 0.402 e. The van der Waals surface area contributed by atoms with E-state index in [0.29, 0.717) is 17.7 Å². The fourth-order valence-corrected chi connectivity index (χ4v) is 3.83. The molecule has 2 aromatic carbocycles. The summed E-state index contributed by atoms with van der Waals surface area (Å²) in [6, 6.07) is 11.0. The van der Waals surface area contributed by atoms with E-state index in [4.69, 9.17) is 0 Å². The average Bonchev–Trinajstić information content (AvgIpc) is 3.41. The van der Waals surface area contributed by atoms with Gasteiger partial charge in [0, 0.05) is 11.6 Å². The molecule has 2 atom stereocenters. The second-order valence-corrected chi connectivity index (χ2v) is 8.19. The minimum Gasteiger partial charge on any atom is -0.326 e. The van der Waals surface area contributed by atoms with Gasteiger partial charge in [0.05, 0.1) is 4.90 Å². The molecule has 2 N–H and O–H groups in total. The molecule has 1 aliphatic rings. The summed E-state index contributed by atoms with van der Waals surface area (Å²) in [5.41, 5.74) is 0.763. The second-order valence-electron chi connectivity index (χ2n) is 6.42. The number of halogens is 4.